The molecule has 0 atom stereocenters. The summed E-state index contributed by atoms with van der Waals surface area (Å²) in [5, 5.41) is 1.67. The zero-order valence-electron chi connectivity index (χ0n) is 8.87. The molecule has 0 saturated carbocycles. The van der Waals surface area contributed by atoms with Gasteiger partial charge in [-0.05, 0) is 6.07 Å². The van der Waals surface area contributed by atoms with Crippen LogP contribution in [0.3, 0.4) is 0 Å². The van der Waals surface area contributed by atoms with E-state index in [1.54, 1.807) is 5.32 Å². The van der Waals surface area contributed by atoms with Gasteiger partial charge >= 0.3 is 12.3 Å². The fourth-order valence-electron chi connectivity index (χ4n) is 0.965. The van der Waals surface area contributed by atoms with E-state index in [0.717, 1.165) is 6.20 Å². The number of carbonyl (C=O) groups excluding carboxylic acids is 1. The molecule has 0 saturated heterocycles. The Morgan fingerprint density at radius 3 is 2.61 bits per heavy atom. The van der Waals surface area contributed by atoms with E-state index >= 15 is 0 Å². The molecule has 0 bridgehead atoms. The van der Waals surface area contributed by atoms with Gasteiger partial charge in [-0.15, -0.1) is 12.4 Å². The summed E-state index contributed by atoms with van der Waals surface area (Å²) in [7, 11) is 0. The number of hydrogen-bond donors (Lipinski definition) is 2. The molecule has 1 rings (SSSR count). The van der Waals surface area contributed by atoms with Crippen LogP contribution in [0.2, 0.25) is 0 Å². The number of rotatable bonds is 4. The number of carbonyl (C=O) groups is 1. The molecule has 0 spiro atoms. The van der Waals surface area contributed by atoms with Gasteiger partial charge in [0.15, 0.2) is 0 Å². The van der Waals surface area contributed by atoms with Crippen molar-refractivity contribution in [3.8, 4) is 0 Å². The molecule has 0 unspecified atom stereocenters. The minimum atomic E-state index is -4.27. The molecular formula is C9H10ClF4N3O. The number of aromatic nitrogens is 1. The molecule has 0 aliphatic heterocycles. The van der Waals surface area contributed by atoms with Crippen molar-refractivity contribution in [3.05, 3.63) is 24.0 Å². The van der Waals surface area contributed by atoms with Gasteiger partial charge in [-0.3, -0.25) is 9.78 Å². The second-order valence-corrected chi connectivity index (χ2v) is 3.21. The first kappa shape index (κ1) is 16.4. The van der Waals surface area contributed by atoms with Crippen LogP contribution in [0.25, 0.3) is 0 Å². The number of nitrogens with zero attached hydrogens (tertiary/aromatic N) is 1. The summed E-state index contributed by atoms with van der Waals surface area (Å²) in [6.07, 6.45) is -1.47. The van der Waals surface area contributed by atoms with Crippen LogP contribution in [0.4, 0.5) is 23.2 Å². The van der Waals surface area contributed by atoms with E-state index in [9.17, 15) is 22.4 Å². The van der Waals surface area contributed by atoms with E-state index in [4.69, 9.17) is 5.73 Å². The molecule has 3 N–H and O–H groups in total. The van der Waals surface area contributed by atoms with Crippen molar-refractivity contribution in [3.63, 3.8) is 0 Å². The summed E-state index contributed by atoms with van der Waals surface area (Å²) in [5.41, 5.74) is 5.27. The zero-order valence-corrected chi connectivity index (χ0v) is 9.69. The fraction of sp³-hybridized carbons (Fsp3) is 0.333. The highest BCUT2D eigenvalue weighted by Gasteiger charge is 2.40. The van der Waals surface area contributed by atoms with Crippen LogP contribution in [-0.2, 0) is 0 Å². The van der Waals surface area contributed by atoms with E-state index in [2.05, 4.69) is 4.98 Å². The Hall–Kier alpha value is -1.57. The lowest BCUT2D eigenvalue weighted by Crippen LogP contribution is -2.41. The summed E-state index contributed by atoms with van der Waals surface area (Å²) in [5.74, 6) is -5.25. The first-order valence-corrected chi connectivity index (χ1v) is 4.48. The van der Waals surface area contributed by atoms with Crippen LogP contribution < -0.4 is 11.1 Å². The van der Waals surface area contributed by atoms with Crippen molar-refractivity contribution in [1.29, 1.82) is 0 Å². The third-order valence-electron chi connectivity index (χ3n) is 1.90. The molecule has 1 aromatic heterocycles. The van der Waals surface area contributed by atoms with Crippen LogP contribution >= 0.6 is 12.4 Å². The number of alkyl halides is 4. The van der Waals surface area contributed by atoms with Gasteiger partial charge in [0.05, 0.1) is 12.1 Å². The minimum absolute atomic E-state index is 0. The average molecular weight is 288 g/mol. The molecule has 0 radical (unpaired) electrons. The lowest BCUT2D eigenvalue weighted by Gasteiger charge is -2.15. The normalized spacial score (nSPS) is 10.9. The second kappa shape index (κ2) is 6.39. The Morgan fingerprint density at radius 2 is 2.11 bits per heavy atom. The Labute approximate surface area is 106 Å². The maximum Gasteiger partial charge on any atom is 0.324 e. The number of anilines is 1. The second-order valence-electron chi connectivity index (χ2n) is 3.21. The number of pyridine rings is 1. The SMILES string of the molecule is Cl.Nc1ccncc1C(=O)NCC(F)(F)C(F)F. The van der Waals surface area contributed by atoms with Crippen molar-refractivity contribution in [1.82, 2.24) is 10.3 Å². The predicted molar refractivity (Wildman–Crippen MR) is 59.2 cm³/mol. The van der Waals surface area contributed by atoms with E-state index in [-0.39, 0.29) is 23.7 Å². The summed E-state index contributed by atoms with van der Waals surface area (Å²) < 4.78 is 48.6. The van der Waals surface area contributed by atoms with Gasteiger partial charge in [0.1, 0.15) is 0 Å². The molecule has 0 aromatic carbocycles. The molecule has 0 aliphatic carbocycles. The fourth-order valence-corrected chi connectivity index (χ4v) is 0.965. The molecule has 0 fully saturated rings. The van der Waals surface area contributed by atoms with Crippen molar-refractivity contribution in [2.45, 2.75) is 12.3 Å². The van der Waals surface area contributed by atoms with E-state index in [1.165, 1.54) is 12.3 Å². The molecule has 1 heterocycles. The topological polar surface area (TPSA) is 68.0 Å². The molecule has 4 nitrogen and oxygen atoms in total. The van der Waals surface area contributed by atoms with Crippen molar-refractivity contribution >= 4 is 24.0 Å². The number of hydrogen-bond acceptors (Lipinski definition) is 3. The van der Waals surface area contributed by atoms with Crippen LogP contribution in [0, 0.1) is 0 Å². The monoisotopic (exact) mass is 287 g/mol. The summed E-state index contributed by atoms with van der Waals surface area (Å²) in [6.45, 7) is -1.46. The summed E-state index contributed by atoms with van der Waals surface area (Å²) >= 11 is 0. The molecule has 1 amide bonds. The first-order chi connectivity index (χ1) is 7.84. The van der Waals surface area contributed by atoms with Gasteiger partial charge in [-0.25, -0.2) is 8.78 Å². The predicted octanol–water partition coefficient (Wildman–Crippen LogP) is 1.72. The summed E-state index contributed by atoms with van der Waals surface area (Å²) in [6, 6.07) is 1.29. The van der Waals surface area contributed by atoms with Crippen molar-refractivity contribution in [2.75, 3.05) is 12.3 Å². The number of nitrogens with one attached hydrogen (secondary N) is 1. The number of amides is 1. The highest BCUT2D eigenvalue weighted by Crippen LogP contribution is 2.21. The number of nitrogens with two attached hydrogens (primary N) is 1. The quantitative estimate of drug-likeness (QED) is 0.829. The highest BCUT2D eigenvalue weighted by molar-refractivity contribution is 5.98. The zero-order chi connectivity index (χ0) is 13.1. The lowest BCUT2D eigenvalue weighted by molar-refractivity contribution is -0.123. The van der Waals surface area contributed by atoms with Crippen LogP contribution in [0.5, 0.6) is 0 Å². The smallest absolute Gasteiger partial charge is 0.324 e. The van der Waals surface area contributed by atoms with Gasteiger partial charge in [0.25, 0.3) is 5.91 Å². The number of nitrogen functional groups attached to an aromatic ring is 1. The van der Waals surface area contributed by atoms with E-state index in [1.807, 2.05) is 0 Å². The largest absolute Gasteiger partial charge is 0.398 e. The third-order valence-corrected chi connectivity index (χ3v) is 1.90. The van der Waals surface area contributed by atoms with Crippen LogP contribution in [-0.4, -0.2) is 29.8 Å². The van der Waals surface area contributed by atoms with Gasteiger partial charge < -0.3 is 11.1 Å². The Bertz CT molecular complexity index is 417. The molecule has 0 aliphatic rings. The molecule has 18 heavy (non-hydrogen) atoms. The average Bonchev–Trinajstić information content (AvgIpc) is 2.26. The van der Waals surface area contributed by atoms with E-state index < -0.39 is 24.8 Å². The molecule has 102 valence electrons. The number of halogens is 5. The molecule has 9 heteroatoms. The van der Waals surface area contributed by atoms with Gasteiger partial charge in [0.2, 0.25) is 0 Å². The van der Waals surface area contributed by atoms with Gasteiger partial charge in [-0.2, -0.15) is 8.78 Å². The minimum Gasteiger partial charge on any atom is -0.398 e. The van der Waals surface area contributed by atoms with Crippen molar-refractivity contribution < 1.29 is 22.4 Å². The van der Waals surface area contributed by atoms with Crippen molar-refractivity contribution in [2.24, 2.45) is 0 Å². The maximum absolute atomic E-state index is 12.5. The highest BCUT2D eigenvalue weighted by atomic mass is 35.5. The van der Waals surface area contributed by atoms with Crippen LogP contribution in [0.1, 0.15) is 10.4 Å². The molecule has 1 aromatic rings. The molecular weight excluding hydrogens is 278 g/mol. The van der Waals surface area contributed by atoms with Crippen LogP contribution in [0.15, 0.2) is 18.5 Å². The Balaban J connectivity index is 0.00000289. The van der Waals surface area contributed by atoms with Gasteiger partial charge in [0, 0.05) is 18.1 Å². The lowest BCUT2D eigenvalue weighted by atomic mass is 10.2. The van der Waals surface area contributed by atoms with E-state index in [0.29, 0.717) is 0 Å². The van der Waals surface area contributed by atoms with Gasteiger partial charge in [-0.1, -0.05) is 0 Å². The summed E-state index contributed by atoms with van der Waals surface area (Å²) in [4.78, 5) is 14.9. The maximum atomic E-state index is 12.5. The third kappa shape index (κ3) is 4.02. The standard InChI is InChI=1S/C9H9F4N3O.ClH/c10-8(11)9(12,13)4-16-7(17)5-3-15-2-1-6(5)14;/h1-3,8H,4H2,(H2,14,15)(H,16,17);1H. The first-order valence-electron chi connectivity index (χ1n) is 4.48. The Kier molecular flexibility index (Phi) is 5.83. The Morgan fingerprint density at radius 1 is 1.50 bits per heavy atom.